The monoisotopic (exact) mass is 339 g/mol. The number of likely N-dealkylation sites (N-methyl/N-ethyl adjacent to an activating group) is 1. The van der Waals surface area contributed by atoms with Crippen LogP contribution in [0.1, 0.15) is 19.8 Å². The van der Waals surface area contributed by atoms with Crippen LogP contribution in [0.3, 0.4) is 0 Å². The second-order valence-electron chi connectivity index (χ2n) is 5.41. The number of rotatable bonds is 6. The van der Waals surface area contributed by atoms with Crippen molar-refractivity contribution in [3.05, 3.63) is 29.3 Å². The van der Waals surface area contributed by atoms with Crippen LogP contribution in [0.25, 0.3) is 0 Å². The molecule has 1 saturated heterocycles. The summed E-state index contributed by atoms with van der Waals surface area (Å²) in [6, 6.07) is 6.14. The lowest BCUT2D eigenvalue weighted by Gasteiger charge is -2.28. The van der Waals surface area contributed by atoms with E-state index in [1.54, 1.807) is 17.0 Å². The van der Waals surface area contributed by atoms with Crippen molar-refractivity contribution in [1.29, 1.82) is 0 Å². The predicted octanol–water partition coefficient (Wildman–Crippen LogP) is 2.11. The number of primary amides is 1. The minimum atomic E-state index is -0.535. The number of nitrogens with two attached hydrogens (primary N) is 1. The molecule has 1 heterocycles. The zero-order valence-corrected chi connectivity index (χ0v) is 14.0. The van der Waals surface area contributed by atoms with Gasteiger partial charge in [-0.1, -0.05) is 17.7 Å². The lowest BCUT2D eigenvalue weighted by Crippen LogP contribution is -2.50. The summed E-state index contributed by atoms with van der Waals surface area (Å²) in [5, 5.41) is 0.606. The molecule has 0 spiro atoms. The number of carbonyl (C=O) groups excluding carboxylic acids is 2. The zero-order valence-electron chi connectivity index (χ0n) is 13.2. The summed E-state index contributed by atoms with van der Waals surface area (Å²) in [6.45, 7) is 3.82. The van der Waals surface area contributed by atoms with Crippen molar-refractivity contribution in [2.45, 2.75) is 25.8 Å². The summed E-state index contributed by atoms with van der Waals surface area (Å²) in [5.74, 6) is 0.596. The highest BCUT2D eigenvalue weighted by molar-refractivity contribution is 6.30. The molecule has 0 radical (unpaired) electrons. The van der Waals surface area contributed by atoms with Crippen LogP contribution in [-0.4, -0.2) is 54.0 Å². The standard InChI is InChI=1S/C16H22ClN3O3/c1-2-19(9-10-23-13-6-3-5-12(17)11-13)15(21)14-7-4-8-20(14)16(18)22/h3,5-6,11,14H,2,4,7-10H2,1H3,(H2,18,22)/t14-/m0/s1. The first-order valence-electron chi connectivity index (χ1n) is 7.76. The van der Waals surface area contributed by atoms with E-state index in [0.717, 1.165) is 6.42 Å². The Labute approximate surface area is 141 Å². The number of hydrogen-bond acceptors (Lipinski definition) is 3. The summed E-state index contributed by atoms with van der Waals surface area (Å²) in [5.41, 5.74) is 5.34. The molecule has 3 amide bonds. The van der Waals surface area contributed by atoms with Crippen molar-refractivity contribution in [2.24, 2.45) is 5.73 Å². The summed E-state index contributed by atoms with van der Waals surface area (Å²) < 4.78 is 5.62. The molecule has 126 valence electrons. The van der Waals surface area contributed by atoms with Crippen LogP contribution < -0.4 is 10.5 Å². The number of halogens is 1. The average molecular weight is 340 g/mol. The van der Waals surface area contributed by atoms with Crippen LogP contribution in [0.2, 0.25) is 5.02 Å². The van der Waals surface area contributed by atoms with E-state index in [0.29, 0.717) is 43.4 Å². The van der Waals surface area contributed by atoms with Crippen LogP contribution in [0.5, 0.6) is 5.75 Å². The van der Waals surface area contributed by atoms with Crippen molar-refractivity contribution in [2.75, 3.05) is 26.2 Å². The normalized spacial score (nSPS) is 17.1. The summed E-state index contributed by atoms with van der Waals surface area (Å²) >= 11 is 5.90. The molecular formula is C16H22ClN3O3. The quantitative estimate of drug-likeness (QED) is 0.862. The smallest absolute Gasteiger partial charge is 0.315 e. The third-order valence-electron chi connectivity index (χ3n) is 3.94. The molecule has 1 aromatic carbocycles. The van der Waals surface area contributed by atoms with Gasteiger partial charge in [-0.2, -0.15) is 0 Å². The van der Waals surface area contributed by atoms with Crippen molar-refractivity contribution in [3.63, 3.8) is 0 Å². The molecule has 1 aliphatic heterocycles. The number of nitrogens with zero attached hydrogens (tertiary/aromatic N) is 2. The number of urea groups is 1. The van der Waals surface area contributed by atoms with E-state index < -0.39 is 12.1 Å². The van der Waals surface area contributed by atoms with Crippen molar-refractivity contribution < 1.29 is 14.3 Å². The molecule has 1 aliphatic rings. The second-order valence-corrected chi connectivity index (χ2v) is 5.85. The van der Waals surface area contributed by atoms with Gasteiger partial charge in [0, 0.05) is 18.1 Å². The number of benzene rings is 1. The van der Waals surface area contributed by atoms with Gasteiger partial charge >= 0.3 is 6.03 Å². The molecule has 1 aromatic rings. The van der Waals surface area contributed by atoms with Gasteiger partial charge < -0.3 is 20.3 Å². The van der Waals surface area contributed by atoms with Gasteiger partial charge in [-0.15, -0.1) is 0 Å². The summed E-state index contributed by atoms with van der Waals surface area (Å²) in [7, 11) is 0. The third kappa shape index (κ3) is 4.51. The molecule has 0 saturated carbocycles. The van der Waals surface area contributed by atoms with Crippen LogP contribution >= 0.6 is 11.6 Å². The van der Waals surface area contributed by atoms with Gasteiger partial charge in [0.1, 0.15) is 18.4 Å². The Hall–Kier alpha value is -1.95. The number of amides is 3. The van der Waals surface area contributed by atoms with E-state index >= 15 is 0 Å². The largest absolute Gasteiger partial charge is 0.492 e. The third-order valence-corrected chi connectivity index (χ3v) is 4.18. The SMILES string of the molecule is CCN(CCOc1cccc(Cl)c1)C(=O)[C@@H]1CCCN1C(N)=O. The average Bonchev–Trinajstić information content (AvgIpc) is 3.01. The fourth-order valence-electron chi connectivity index (χ4n) is 2.75. The van der Waals surface area contributed by atoms with Crippen LogP contribution in [0.15, 0.2) is 24.3 Å². The van der Waals surface area contributed by atoms with Crippen LogP contribution in [-0.2, 0) is 4.79 Å². The lowest BCUT2D eigenvalue weighted by atomic mass is 10.2. The second kappa shape index (κ2) is 8.06. The Balaban J connectivity index is 1.89. The van der Waals surface area contributed by atoms with Gasteiger partial charge in [-0.25, -0.2) is 4.79 Å². The van der Waals surface area contributed by atoms with Crippen molar-refractivity contribution in [3.8, 4) is 5.75 Å². The maximum atomic E-state index is 12.6. The number of carbonyl (C=O) groups is 2. The van der Waals surface area contributed by atoms with Gasteiger partial charge in [0.15, 0.2) is 0 Å². The molecular weight excluding hydrogens is 318 g/mol. The topological polar surface area (TPSA) is 75.9 Å². The molecule has 23 heavy (non-hydrogen) atoms. The first kappa shape index (κ1) is 17.4. The maximum absolute atomic E-state index is 12.6. The van der Waals surface area contributed by atoms with Crippen LogP contribution in [0.4, 0.5) is 4.79 Å². The van der Waals surface area contributed by atoms with Gasteiger partial charge in [0.2, 0.25) is 5.91 Å². The highest BCUT2D eigenvalue weighted by atomic mass is 35.5. The minimum absolute atomic E-state index is 0.0708. The van der Waals surface area contributed by atoms with Crippen molar-refractivity contribution in [1.82, 2.24) is 9.80 Å². The van der Waals surface area contributed by atoms with E-state index in [2.05, 4.69) is 0 Å². The predicted molar refractivity (Wildman–Crippen MR) is 88.5 cm³/mol. The number of ether oxygens (including phenoxy) is 1. The fourth-order valence-corrected chi connectivity index (χ4v) is 2.93. The van der Waals surface area contributed by atoms with E-state index in [9.17, 15) is 9.59 Å². The molecule has 7 heteroatoms. The Kier molecular flexibility index (Phi) is 6.10. The number of hydrogen-bond donors (Lipinski definition) is 1. The van der Waals surface area contributed by atoms with E-state index in [1.165, 1.54) is 4.90 Å². The van der Waals surface area contributed by atoms with Crippen LogP contribution in [0, 0.1) is 0 Å². The molecule has 2 N–H and O–H groups in total. The van der Waals surface area contributed by atoms with Gasteiger partial charge in [0.25, 0.3) is 0 Å². The molecule has 0 unspecified atom stereocenters. The van der Waals surface area contributed by atoms with E-state index in [1.807, 2.05) is 19.1 Å². The highest BCUT2D eigenvalue weighted by Gasteiger charge is 2.35. The Bertz CT molecular complexity index is 567. The molecule has 1 fully saturated rings. The Morgan fingerprint density at radius 1 is 1.48 bits per heavy atom. The Morgan fingerprint density at radius 2 is 2.26 bits per heavy atom. The molecule has 6 nitrogen and oxygen atoms in total. The van der Waals surface area contributed by atoms with E-state index in [4.69, 9.17) is 22.1 Å². The lowest BCUT2D eigenvalue weighted by molar-refractivity contribution is -0.135. The van der Waals surface area contributed by atoms with E-state index in [-0.39, 0.29) is 5.91 Å². The first-order valence-corrected chi connectivity index (χ1v) is 8.14. The fraction of sp³-hybridized carbons (Fsp3) is 0.500. The Morgan fingerprint density at radius 3 is 2.91 bits per heavy atom. The molecule has 0 aliphatic carbocycles. The van der Waals surface area contributed by atoms with Crippen molar-refractivity contribution >= 4 is 23.5 Å². The zero-order chi connectivity index (χ0) is 16.8. The van der Waals surface area contributed by atoms with Gasteiger partial charge in [0.05, 0.1) is 6.54 Å². The number of likely N-dealkylation sites (tertiary alicyclic amines) is 1. The molecule has 2 rings (SSSR count). The molecule has 0 bridgehead atoms. The van der Waals surface area contributed by atoms with Gasteiger partial charge in [-0.05, 0) is 38.0 Å². The summed E-state index contributed by atoms with van der Waals surface area (Å²) in [4.78, 5) is 27.1. The maximum Gasteiger partial charge on any atom is 0.315 e. The minimum Gasteiger partial charge on any atom is -0.492 e. The molecule has 1 atom stereocenters. The highest BCUT2D eigenvalue weighted by Crippen LogP contribution is 2.20. The summed E-state index contributed by atoms with van der Waals surface area (Å²) in [6.07, 6.45) is 1.46. The molecule has 0 aromatic heterocycles. The first-order chi connectivity index (χ1) is 11.0. The van der Waals surface area contributed by atoms with Gasteiger partial charge in [-0.3, -0.25) is 4.79 Å².